The van der Waals surface area contributed by atoms with Gasteiger partial charge in [-0.15, -0.1) is 0 Å². The summed E-state index contributed by atoms with van der Waals surface area (Å²) in [5, 5.41) is 9.03. The molecule has 1 aliphatic rings. The lowest BCUT2D eigenvalue weighted by Gasteiger charge is -2.14. The smallest absolute Gasteiger partial charge is 0.241 e. The summed E-state index contributed by atoms with van der Waals surface area (Å²) in [7, 11) is 1.60. The number of hydrogen-bond acceptors (Lipinski definition) is 4. The van der Waals surface area contributed by atoms with Crippen molar-refractivity contribution in [3.05, 3.63) is 0 Å². The highest BCUT2D eigenvalue weighted by molar-refractivity contribution is 5.84. The molecule has 116 valence electrons. The summed E-state index contributed by atoms with van der Waals surface area (Å²) in [5.74, 6) is 0.529. The first-order chi connectivity index (χ1) is 9.76. The predicted molar refractivity (Wildman–Crippen MR) is 77.8 cm³/mol. The van der Waals surface area contributed by atoms with Gasteiger partial charge in [0.1, 0.15) is 6.54 Å². The number of carbonyl (C=O) groups excluding carboxylic acids is 1. The third-order valence-corrected chi connectivity index (χ3v) is 2.87. The molecule has 0 aromatic carbocycles. The minimum Gasteiger partial charge on any atom is -0.383 e. The molecule has 1 rings (SSSR count). The highest BCUT2D eigenvalue weighted by Crippen LogP contribution is 2.10. The third-order valence-electron chi connectivity index (χ3n) is 2.87. The average molecular weight is 286 g/mol. The molecule has 1 fully saturated rings. The maximum absolute atomic E-state index is 11.5. The van der Waals surface area contributed by atoms with Gasteiger partial charge in [-0.3, -0.25) is 4.79 Å². The van der Waals surface area contributed by atoms with Crippen molar-refractivity contribution in [2.75, 3.05) is 46.5 Å². The fourth-order valence-electron chi connectivity index (χ4n) is 1.86. The lowest BCUT2D eigenvalue weighted by atomic mass is 10.2. The molecule has 1 saturated heterocycles. The molecule has 0 aliphatic carbocycles. The topological polar surface area (TPSA) is 84.0 Å². The first kappa shape index (κ1) is 16.7. The quantitative estimate of drug-likeness (QED) is 0.318. The molecule has 20 heavy (non-hydrogen) atoms. The first-order valence-electron chi connectivity index (χ1n) is 7.15. The fourth-order valence-corrected chi connectivity index (χ4v) is 1.86. The summed E-state index contributed by atoms with van der Waals surface area (Å²) in [4.78, 5) is 15.8. The summed E-state index contributed by atoms with van der Waals surface area (Å²) in [6.07, 6.45) is 2.43. The molecule has 1 unspecified atom stereocenters. The van der Waals surface area contributed by atoms with Gasteiger partial charge in [0.05, 0.1) is 12.7 Å². The summed E-state index contributed by atoms with van der Waals surface area (Å²) in [6, 6.07) is 0. The van der Waals surface area contributed by atoms with Crippen molar-refractivity contribution in [2.24, 2.45) is 4.99 Å². The molecule has 0 bridgehead atoms. The zero-order valence-electron chi connectivity index (χ0n) is 12.4. The number of guanidine groups is 1. The number of ether oxygens (including phenoxy) is 2. The van der Waals surface area contributed by atoms with Gasteiger partial charge in [0, 0.05) is 33.4 Å². The summed E-state index contributed by atoms with van der Waals surface area (Å²) >= 11 is 0. The number of carbonyl (C=O) groups is 1. The van der Waals surface area contributed by atoms with E-state index in [0.717, 1.165) is 32.5 Å². The van der Waals surface area contributed by atoms with Crippen molar-refractivity contribution in [3.8, 4) is 0 Å². The van der Waals surface area contributed by atoms with E-state index in [1.807, 2.05) is 6.92 Å². The van der Waals surface area contributed by atoms with Crippen molar-refractivity contribution in [2.45, 2.75) is 25.9 Å². The number of rotatable bonds is 8. The van der Waals surface area contributed by atoms with Crippen LogP contribution in [0.1, 0.15) is 19.8 Å². The molecule has 7 nitrogen and oxygen atoms in total. The summed E-state index contributed by atoms with van der Waals surface area (Å²) < 4.78 is 10.4. The van der Waals surface area contributed by atoms with Crippen LogP contribution in [0, 0.1) is 0 Å². The molecule has 1 amide bonds. The standard InChI is InChI=1S/C13H26N4O3/c1-3-14-13(16-9-11-5-4-7-20-11)17-10-12(18)15-6-8-19-2/h11H,3-10H2,1-2H3,(H,15,18)(H2,14,16,17). The van der Waals surface area contributed by atoms with E-state index in [4.69, 9.17) is 9.47 Å². The van der Waals surface area contributed by atoms with E-state index in [0.29, 0.717) is 19.1 Å². The van der Waals surface area contributed by atoms with Crippen LogP contribution < -0.4 is 16.0 Å². The maximum Gasteiger partial charge on any atom is 0.241 e. The van der Waals surface area contributed by atoms with Crippen LogP contribution in [0.2, 0.25) is 0 Å². The van der Waals surface area contributed by atoms with Gasteiger partial charge in [0.25, 0.3) is 0 Å². The molecule has 1 heterocycles. The van der Waals surface area contributed by atoms with Crippen molar-refractivity contribution >= 4 is 11.9 Å². The Kier molecular flexibility index (Phi) is 8.73. The van der Waals surface area contributed by atoms with Crippen LogP contribution >= 0.6 is 0 Å². The van der Waals surface area contributed by atoms with E-state index < -0.39 is 0 Å². The molecule has 3 N–H and O–H groups in total. The Hall–Kier alpha value is -1.34. The zero-order valence-corrected chi connectivity index (χ0v) is 12.4. The van der Waals surface area contributed by atoms with Gasteiger partial charge in [-0.1, -0.05) is 0 Å². The first-order valence-corrected chi connectivity index (χ1v) is 7.15. The Balaban J connectivity index is 2.27. The molecule has 1 atom stereocenters. The van der Waals surface area contributed by atoms with Crippen LogP contribution in [0.4, 0.5) is 0 Å². The number of amides is 1. The van der Waals surface area contributed by atoms with E-state index in [1.54, 1.807) is 7.11 Å². The van der Waals surface area contributed by atoms with Gasteiger partial charge < -0.3 is 25.4 Å². The lowest BCUT2D eigenvalue weighted by molar-refractivity contribution is -0.119. The monoisotopic (exact) mass is 286 g/mol. The summed E-state index contributed by atoms with van der Waals surface area (Å²) in [6.45, 7) is 5.41. The highest BCUT2D eigenvalue weighted by atomic mass is 16.5. The second-order valence-corrected chi connectivity index (χ2v) is 4.55. The number of methoxy groups -OCH3 is 1. The molecule has 1 aliphatic heterocycles. The second kappa shape index (κ2) is 10.4. The number of aliphatic imine (C=N–C) groups is 1. The number of nitrogens with zero attached hydrogens (tertiary/aromatic N) is 1. The minimum absolute atomic E-state index is 0.102. The number of nitrogens with one attached hydrogen (secondary N) is 3. The molecule has 0 spiro atoms. The van der Waals surface area contributed by atoms with Gasteiger partial charge in [-0.2, -0.15) is 0 Å². The van der Waals surface area contributed by atoms with Crippen LogP contribution in [0.3, 0.4) is 0 Å². The van der Waals surface area contributed by atoms with Crippen LogP contribution in [-0.4, -0.2) is 64.5 Å². The molecule has 0 aromatic rings. The van der Waals surface area contributed by atoms with Crippen molar-refractivity contribution in [1.29, 1.82) is 0 Å². The molecule has 0 aromatic heterocycles. The third kappa shape index (κ3) is 7.30. The van der Waals surface area contributed by atoms with Crippen LogP contribution in [0.15, 0.2) is 4.99 Å². The predicted octanol–water partition coefficient (Wildman–Crippen LogP) is -0.517. The van der Waals surface area contributed by atoms with E-state index in [-0.39, 0.29) is 18.6 Å². The Bertz CT molecular complexity index is 304. The Morgan fingerprint density at radius 1 is 1.40 bits per heavy atom. The van der Waals surface area contributed by atoms with Crippen LogP contribution in [0.25, 0.3) is 0 Å². The largest absolute Gasteiger partial charge is 0.383 e. The minimum atomic E-state index is -0.114. The molecule has 7 heteroatoms. The van der Waals surface area contributed by atoms with E-state index >= 15 is 0 Å². The van der Waals surface area contributed by atoms with E-state index in [9.17, 15) is 4.79 Å². The molecule has 0 saturated carbocycles. The molecular weight excluding hydrogens is 260 g/mol. The second-order valence-electron chi connectivity index (χ2n) is 4.55. The normalized spacial score (nSPS) is 18.9. The maximum atomic E-state index is 11.5. The van der Waals surface area contributed by atoms with Crippen molar-refractivity contribution in [1.82, 2.24) is 16.0 Å². The van der Waals surface area contributed by atoms with Gasteiger partial charge in [0.2, 0.25) is 5.91 Å². The van der Waals surface area contributed by atoms with Gasteiger partial charge in [-0.05, 0) is 19.8 Å². The van der Waals surface area contributed by atoms with E-state index in [2.05, 4.69) is 20.9 Å². The lowest BCUT2D eigenvalue weighted by Crippen LogP contribution is -2.42. The van der Waals surface area contributed by atoms with E-state index in [1.165, 1.54) is 0 Å². The highest BCUT2D eigenvalue weighted by Gasteiger charge is 2.15. The van der Waals surface area contributed by atoms with Crippen molar-refractivity contribution < 1.29 is 14.3 Å². The van der Waals surface area contributed by atoms with Gasteiger partial charge in [-0.25, -0.2) is 4.99 Å². The van der Waals surface area contributed by atoms with Gasteiger partial charge >= 0.3 is 0 Å². The average Bonchev–Trinajstić information content (AvgIpc) is 2.95. The Labute approximate surface area is 120 Å². The van der Waals surface area contributed by atoms with Gasteiger partial charge in [0.15, 0.2) is 5.96 Å². The van der Waals surface area contributed by atoms with Crippen molar-refractivity contribution in [3.63, 3.8) is 0 Å². The van der Waals surface area contributed by atoms with Crippen LogP contribution in [-0.2, 0) is 14.3 Å². The summed E-state index contributed by atoms with van der Waals surface area (Å²) in [5.41, 5.74) is 0. The zero-order chi connectivity index (χ0) is 14.6. The molecule has 0 radical (unpaired) electrons. The Morgan fingerprint density at radius 2 is 2.25 bits per heavy atom. The number of hydrogen-bond donors (Lipinski definition) is 3. The Morgan fingerprint density at radius 3 is 2.90 bits per heavy atom. The SMILES string of the molecule is CCNC(=NCC(=O)NCCOC)NCC1CCCO1. The van der Waals surface area contributed by atoms with Crippen LogP contribution in [0.5, 0.6) is 0 Å². The fraction of sp³-hybridized carbons (Fsp3) is 0.846. The molecular formula is C13H26N4O3.